The van der Waals surface area contributed by atoms with Gasteiger partial charge in [0.25, 0.3) is 5.91 Å². The molecule has 1 N–H and O–H groups in total. The minimum Gasteiger partial charge on any atom is -0.464 e. The molecule has 0 radical (unpaired) electrons. The van der Waals surface area contributed by atoms with E-state index in [1.54, 1.807) is 60.4 Å². The first-order valence-electron chi connectivity index (χ1n) is 10.8. The molecule has 4 rings (SSSR count). The lowest BCUT2D eigenvalue weighted by atomic mass is 10.0. The van der Waals surface area contributed by atoms with Gasteiger partial charge in [0.15, 0.2) is 5.78 Å². The number of hydrogen-bond donors (Lipinski definition) is 1. The van der Waals surface area contributed by atoms with Crippen molar-refractivity contribution >= 4 is 23.6 Å². The molecule has 1 heterocycles. The van der Waals surface area contributed by atoms with Gasteiger partial charge in [-0.25, -0.2) is 4.79 Å². The SMILES string of the molecule is CCOC(=O)C1C[C@]2(C)C[C@@H]2N1C(=O)CNC(=O)c1ccc(C(=O)c2ccccc2)cc1. The lowest BCUT2D eigenvalue weighted by molar-refractivity contribution is -0.153. The Bertz CT molecular complexity index is 1050. The highest BCUT2D eigenvalue weighted by atomic mass is 16.5. The third-order valence-electron chi connectivity index (χ3n) is 6.33. The summed E-state index contributed by atoms with van der Waals surface area (Å²) in [5.74, 6) is -1.22. The van der Waals surface area contributed by atoms with E-state index in [-0.39, 0.29) is 42.3 Å². The van der Waals surface area contributed by atoms with E-state index in [1.165, 1.54) is 0 Å². The van der Waals surface area contributed by atoms with Crippen LogP contribution in [0.5, 0.6) is 0 Å². The van der Waals surface area contributed by atoms with Crippen molar-refractivity contribution < 1.29 is 23.9 Å². The number of hydrogen-bond acceptors (Lipinski definition) is 5. The van der Waals surface area contributed by atoms with Crippen LogP contribution in [0.25, 0.3) is 0 Å². The molecule has 166 valence electrons. The van der Waals surface area contributed by atoms with Crippen molar-refractivity contribution in [1.29, 1.82) is 0 Å². The van der Waals surface area contributed by atoms with E-state index >= 15 is 0 Å². The van der Waals surface area contributed by atoms with Gasteiger partial charge in [0.2, 0.25) is 5.91 Å². The van der Waals surface area contributed by atoms with Crippen LogP contribution in [0.2, 0.25) is 0 Å². The molecule has 2 aromatic carbocycles. The smallest absolute Gasteiger partial charge is 0.328 e. The number of benzene rings is 2. The van der Waals surface area contributed by atoms with Crippen LogP contribution in [-0.4, -0.2) is 53.7 Å². The van der Waals surface area contributed by atoms with E-state index in [1.807, 2.05) is 6.07 Å². The van der Waals surface area contributed by atoms with Gasteiger partial charge in [0.1, 0.15) is 6.04 Å². The molecule has 1 saturated carbocycles. The molecule has 2 aliphatic rings. The molecule has 1 saturated heterocycles. The molecule has 32 heavy (non-hydrogen) atoms. The fourth-order valence-corrected chi connectivity index (χ4v) is 4.45. The van der Waals surface area contributed by atoms with E-state index in [0.29, 0.717) is 23.1 Å². The van der Waals surface area contributed by atoms with Crippen molar-refractivity contribution in [3.63, 3.8) is 0 Å². The second kappa shape index (κ2) is 8.57. The summed E-state index contributed by atoms with van der Waals surface area (Å²) in [5.41, 5.74) is 1.36. The molecule has 7 heteroatoms. The van der Waals surface area contributed by atoms with Gasteiger partial charge in [0, 0.05) is 22.7 Å². The Balaban J connectivity index is 1.36. The van der Waals surface area contributed by atoms with Gasteiger partial charge in [0.05, 0.1) is 13.2 Å². The quantitative estimate of drug-likeness (QED) is 0.534. The normalized spacial score (nSPS) is 23.2. The summed E-state index contributed by atoms with van der Waals surface area (Å²) < 4.78 is 5.13. The zero-order chi connectivity index (χ0) is 22.9. The van der Waals surface area contributed by atoms with Gasteiger partial charge >= 0.3 is 5.97 Å². The number of nitrogens with zero attached hydrogens (tertiary/aromatic N) is 1. The van der Waals surface area contributed by atoms with Crippen LogP contribution in [0.3, 0.4) is 0 Å². The van der Waals surface area contributed by atoms with Crippen molar-refractivity contribution in [2.24, 2.45) is 5.41 Å². The molecular formula is C25H26N2O5. The maximum absolute atomic E-state index is 12.8. The average molecular weight is 434 g/mol. The van der Waals surface area contributed by atoms with Gasteiger partial charge in [-0.3, -0.25) is 14.4 Å². The molecule has 2 fully saturated rings. The van der Waals surface area contributed by atoms with E-state index < -0.39 is 11.9 Å². The topological polar surface area (TPSA) is 92.8 Å². The Morgan fingerprint density at radius 2 is 1.59 bits per heavy atom. The van der Waals surface area contributed by atoms with E-state index in [4.69, 9.17) is 4.74 Å². The lowest BCUT2D eigenvalue weighted by Crippen LogP contribution is -2.48. The summed E-state index contributed by atoms with van der Waals surface area (Å²) in [6, 6.07) is 14.6. The Hall–Kier alpha value is -3.48. The number of carbonyl (C=O) groups excluding carboxylic acids is 4. The standard InChI is InChI=1S/C25H26N2O5/c1-3-32-24(31)19-13-25(2)14-20(25)27(19)21(28)15-26-23(30)18-11-9-17(10-12-18)22(29)16-7-5-4-6-8-16/h4-12,19-20H,3,13-15H2,1-2H3,(H,26,30)/t19?,20-,25+/m0/s1. The van der Waals surface area contributed by atoms with Crippen LogP contribution in [0.4, 0.5) is 0 Å². The van der Waals surface area contributed by atoms with E-state index in [0.717, 1.165) is 6.42 Å². The van der Waals surface area contributed by atoms with Crippen molar-refractivity contribution in [3.05, 3.63) is 71.3 Å². The van der Waals surface area contributed by atoms with Crippen LogP contribution in [0, 0.1) is 5.41 Å². The second-order valence-corrected chi connectivity index (χ2v) is 8.60. The Kier molecular flexibility index (Phi) is 5.82. The van der Waals surface area contributed by atoms with Crippen molar-refractivity contribution in [2.75, 3.05) is 13.2 Å². The number of ketones is 1. The van der Waals surface area contributed by atoms with Crippen LogP contribution >= 0.6 is 0 Å². The Morgan fingerprint density at radius 3 is 2.25 bits per heavy atom. The fraction of sp³-hybridized carbons (Fsp3) is 0.360. The third-order valence-corrected chi connectivity index (χ3v) is 6.33. The summed E-state index contributed by atoms with van der Waals surface area (Å²) in [4.78, 5) is 51.7. The van der Waals surface area contributed by atoms with Crippen molar-refractivity contribution in [2.45, 2.75) is 38.8 Å². The molecule has 2 amide bonds. The highest BCUT2D eigenvalue weighted by Crippen LogP contribution is 2.59. The number of amides is 2. The van der Waals surface area contributed by atoms with E-state index in [2.05, 4.69) is 12.2 Å². The number of ether oxygens (including phenoxy) is 1. The minimum absolute atomic E-state index is 0.0181. The zero-order valence-corrected chi connectivity index (χ0v) is 18.2. The lowest BCUT2D eigenvalue weighted by Gasteiger charge is -2.26. The molecule has 0 bridgehead atoms. The number of carbonyl (C=O) groups is 4. The summed E-state index contributed by atoms with van der Waals surface area (Å²) >= 11 is 0. The third kappa shape index (κ3) is 4.15. The van der Waals surface area contributed by atoms with Crippen LogP contribution in [-0.2, 0) is 14.3 Å². The molecule has 3 atom stereocenters. The number of esters is 1. The first-order chi connectivity index (χ1) is 15.3. The largest absolute Gasteiger partial charge is 0.464 e. The number of nitrogens with one attached hydrogen (secondary N) is 1. The van der Waals surface area contributed by atoms with Gasteiger partial charge in [-0.05, 0) is 37.3 Å². The molecule has 1 aliphatic heterocycles. The Labute approximate surface area is 186 Å². The molecule has 1 unspecified atom stereocenters. The number of rotatable bonds is 7. The summed E-state index contributed by atoms with van der Waals surface area (Å²) in [5, 5.41) is 2.63. The number of fused-ring (bicyclic) bond motifs is 1. The highest BCUT2D eigenvalue weighted by molar-refractivity contribution is 6.09. The summed E-state index contributed by atoms with van der Waals surface area (Å²) in [6.07, 6.45) is 1.45. The number of likely N-dealkylation sites (tertiary alicyclic amines) is 1. The predicted octanol–water partition coefficient (Wildman–Crippen LogP) is 2.59. The zero-order valence-electron chi connectivity index (χ0n) is 18.2. The monoisotopic (exact) mass is 434 g/mol. The van der Waals surface area contributed by atoms with Gasteiger partial charge in [-0.1, -0.05) is 49.4 Å². The maximum atomic E-state index is 12.8. The van der Waals surface area contributed by atoms with Crippen LogP contribution in [0.15, 0.2) is 54.6 Å². The van der Waals surface area contributed by atoms with Gasteiger partial charge in [-0.15, -0.1) is 0 Å². The summed E-state index contributed by atoms with van der Waals surface area (Å²) in [7, 11) is 0. The molecule has 2 aromatic rings. The molecule has 0 aromatic heterocycles. The van der Waals surface area contributed by atoms with Gasteiger partial charge in [-0.2, -0.15) is 0 Å². The maximum Gasteiger partial charge on any atom is 0.328 e. The van der Waals surface area contributed by atoms with Crippen LogP contribution in [0.1, 0.15) is 53.0 Å². The predicted molar refractivity (Wildman–Crippen MR) is 117 cm³/mol. The van der Waals surface area contributed by atoms with E-state index in [9.17, 15) is 19.2 Å². The molecular weight excluding hydrogens is 408 g/mol. The molecule has 7 nitrogen and oxygen atoms in total. The summed E-state index contributed by atoms with van der Waals surface area (Å²) in [6.45, 7) is 3.86. The van der Waals surface area contributed by atoms with Crippen molar-refractivity contribution in [1.82, 2.24) is 10.2 Å². The molecule has 1 aliphatic carbocycles. The van der Waals surface area contributed by atoms with Crippen LogP contribution < -0.4 is 5.32 Å². The number of piperidine rings is 1. The molecule has 0 spiro atoms. The first-order valence-corrected chi connectivity index (χ1v) is 10.8. The fourth-order valence-electron chi connectivity index (χ4n) is 4.45. The van der Waals surface area contributed by atoms with Crippen molar-refractivity contribution in [3.8, 4) is 0 Å². The Morgan fingerprint density at radius 1 is 0.969 bits per heavy atom. The average Bonchev–Trinajstić information content (AvgIpc) is 3.37. The first kappa shape index (κ1) is 21.7. The van der Waals surface area contributed by atoms with Gasteiger partial charge < -0.3 is 15.0 Å². The highest BCUT2D eigenvalue weighted by Gasteiger charge is 2.64. The second-order valence-electron chi connectivity index (χ2n) is 8.60. The minimum atomic E-state index is -0.591.